The fourth-order valence-corrected chi connectivity index (χ4v) is 3.94. The van der Waals surface area contributed by atoms with Crippen molar-refractivity contribution < 1.29 is 9.50 Å². The Labute approximate surface area is 127 Å². The van der Waals surface area contributed by atoms with Crippen molar-refractivity contribution in [2.75, 3.05) is 13.1 Å². The molecular weight excluding hydrogens is 265 g/mol. The van der Waals surface area contributed by atoms with Gasteiger partial charge in [-0.3, -0.25) is 4.90 Å². The Hall–Kier alpha value is -0.930. The van der Waals surface area contributed by atoms with Crippen LogP contribution in [-0.2, 0) is 6.42 Å². The molecule has 0 bridgehead atoms. The Morgan fingerprint density at radius 3 is 2.43 bits per heavy atom. The standard InChI is InChI=1S/C18H26FNO/c19-16-8-6-14(7-9-16)12-15-10-11-20(13-18(15)21)17-4-2-1-3-5-17/h6-9,15,17-18,21H,1-5,10-13H2/t15-,18+/m1/s1. The molecule has 1 saturated carbocycles. The number of nitrogens with zero attached hydrogens (tertiary/aromatic N) is 1. The van der Waals surface area contributed by atoms with E-state index in [1.54, 1.807) is 0 Å². The van der Waals surface area contributed by atoms with Gasteiger partial charge in [-0.15, -0.1) is 0 Å². The average Bonchev–Trinajstić information content (AvgIpc) is 2.52. The molecule has 116 valence electrons. The third kappa shape index (κ3) is 3.83. The van der Waals surface area contributed by atoms with Crippen LogP contribution in [0.15, 0.2) is 24.3 Å². The van der Waals surface area contributed by atoms with E-state index in [0.29, 0.717) is 12.0 Å². The van der Waals surface area contributed by atoms with E-state index < -0.39 is 0 Å². The van der Waals surface area contributed by atoms with Crippen molar-refractivity contribution in [1.29, 1.82) is 0 Å². The monoisotopic (exact) mass is 291 g/mol. The summed E-state index contributed by atoms with van der Waals surface area (Å²) in [5.41, 5.74) is 1.13. The van der Waals surface area contributed by atoms with Gasteiger partial charge in [0.2, 0.25) is 0 Å². The number of hydrogen-bond donors (Lipinski definition) is 1. The number of piperidine rings is 1. The van der Waals surface area contributed by atoms with E-state index >= 15 is 0 Å². The second-order valence-corrected chi connectivity index (χ2v) is 6.73. The van der Waals surface area contributed by atoms with E-state index in [0.717, 1.165) is 31.5 Å². The maximum absolute atomic E-state index is 12.9. The summed E-state index contributed by atoms with van der Waals surface area (Å²) in [6, 6.07) is 7.41. The molecule has 2 atom stereocenters. The third-order valence-electron chi connectivity index (χ3n) is 5.26. The highest BCUT2D eigenvalue weighted by molar-refractivity contribution is 5.17. The number of β-amino-alcohol motifs (C(OH)–C–C–N with tert-alkyl or cyclic N) is 1. The van der Waals surface area contributed by atoms with Crippen LogP contribution in [-0.4, -0.2) is 35.2 Å². The maximum atomic E-state index is 12.9. The van der Waals surface area contributed by atoms with Crippen molar-refractivity contribution >= 4 is 0 Å². The first-order valence-corrected chi connectivity index (χ1v) is 8.39. The Kier molecular flexibility index (Phi) is 4.91. The Balaban J connectivity index is 1.54. The molecule has 1 saturated heterocycles. The van der Waals surface area contributed by atoms with Crippen molar-refractivity contribution in [3.05, 3.63) is 35.6 Å². The lowest BCUT2D eigenvalue weighted by Crippen LogP contribution is -2.49. The van der Waals surface area contributed by atoms with Gasteiger partial charge in [-0.2, -0.15) is 0 Å². The SMILES string of the molecule is O[C@H]1CN(C2CCCCC2)CC[C@@H]1Cc1ccc(F)cc1. The summed E-state index contributed by atoms with van der Waals surface area (Å²) in [6.45, 7) is 1.92. The summed E-state index contributed by atoms with van der Waals surface area (Å²) in [7, 11) is 0. The average molecular weight is 291 g/mol. The van der Waals surface area contributed by atoms with Crippen LogP contribution in [0.3, 0.4) is 0 Å². The van der Waals surface area contributed by atoms with Crippen LogP contribution in [0.4, 0.5) is 4.39 Å². The molecule has 3 rings (SSSR count). The quantitative estimate of drug-likeness (QED) is 0.923. The lowest BCUT2D eigenvalue weighted by Gasteiger charge is -2.41. The number of likely N-dealkylation sites (tertiary alicyclic amines) is 1. The topological polar surface area (TPSA) is 23.5 Å². The highest BCUT2D eigenvalue weighted by Gasteiger charge is 2.31. The molecule has 2 fully saturated rings. The summed E-state index contributed by atoms with van der Waals surface area (Å²) in [5, 5.41) is 10.5. The van der Waals surface area contributed by atoms with E-state index in [1.807, 2.05) is 12.1 Å². The normalized spacial score (nSPS) is 28.7. The lowest BCUT2D eigenvalue weighted by molar-refractivity contribution is -0.00326. The second kappa shape index (κ2) is 6.89. The number of aliphatic hydroxyl groups is 1. The highest BCUT2D eigenvalue weighted by Crippen LogP contribution is 2.28. The number of benzene rings is 1. The number of aliphatic hydroxyl groups excluding tert-OH is 1. The van der Waals surface area contributed by atoms with Gasteiger partial charge in [0, 0.05) is 12.6 Å². The predicted molar refractivity (Wildman–Crippen MR) is 82.7 cm³/mol. The first-order chi connectivity index (χ1) is 10.2. The molecule has 2 nitrogen and oxygen atoms in total. The summed E-state index contributed by atoms with van der Waals surface area (Å²) >= 11 is 0. The van der Waals surface area contributed by atoms with E-state index in [9.17, 15) is 9.50 Å². The minimum Gasteiger partial charge on any atom is -0.391 e. The zero-order valence-electron chi connectivity index (χ0n) is 12.7. The van der Waals surface area contributed by atoms with E-state index in [4.69, 9.17) is 0 Å². The van der Waals surface area contributed by atoms with E-state index in [2.05, 4.69) is 4.90 Å². The molecule has 1 aliphatic heterocycles. The van der Waals surface area contributed by atoms with Crippen LogP contribution in [0.5, 0.6) is 0 Å². The van der Waals surface area contributed by atoms with Crippen molar-refractivity contribution in [2.45, 2.75) is 57.1 Å². The maximum Gasteiger partial charge on any atom is 0.123 e. The zero-order valence-corrected chi connectivity index (χ0v) is 12.7. The Bertz CT molecular complexity index is 441. The lowest BCUT2D eigenvalue weighted by atomic mass is 9.85. The van der Waals surface area contributed by atoms with Gasteiger partial charge in [-0.1, -0.05) is 31.4 Å². The van der Waals surface area contributed by atoms with Crippen molar-refractivity contribution in [2.24, 2.45) is 5.92 Å². The van der Waals surface area contributed by atoms with Gasteiger partial charge in [-0.25, -0.2) is 4.39 Å². The number of rotatable bonds is 3. The molecule has 0 aromatic heterocycles. The zero-order chi connectivity index (χ0) is 14.7. The molecule has 21 heavy (non-hydrogen) atoms. The molecule has 1 aromatic carbocycles. The smallest absolute Gasteiger partial charge is 0.123 e. The largest absolute Gasteiger partial charge is 0.391 e. The molecule has 1 aliphatic carbocycles. The first kappa shape index (κ1) is 15.0. The molecule has 2 aliphatic rings. The molecule has 1 N–H and O–H groups in total. The summed E-state index contributed by atoms with van der Waals surface area (Å²) in [5.74, 6) is 0.127. The summed E-state index contributed by atoms with van der Waals surface area (Å²) in [6.07, 6.45) is 8.33. The third-order valence-corrected chi connectivity index (χ3v) is 5.26. The molecule has 0 amide bonds. The summed E-state index contributed by atoms with van der Waals surface area (Å²) in [4.78, 5) is 2.50. The van der Waals surface area contributed by atoms with Crippen molar-refractivity contribution in [1.82, 2.24) is 4.90 Å². The number of halogens is 1. The summed E-state index contributed by atoms with van der Waals surface area (Å²) < 4.78 is 12.9. The van der Waals surface area contributed by atoms with Gasteiger partial charge in [0.15, 0.2) is 0 Å². The predicted octanol–water partition coefficient (Wildman–Crippen LogP) is 3.38. The van der Waals surface area contributed by atoms with Gasteiger partial charge in [0.25, 0.3) is 0 Å². The second-order valence-electron chi connectivity index (χ2n) is 6.73. The van der Waals surface area contributed by atoms with Crippen LogP contribution in [0.1, 0.15) is 44.1 Å². The molecule has 0 spiro atoms. The van der Waals surface area contributed by atoms with Crippen LogP contribution in [0, 0.1) is 11.7 Å². The van der Waals surface area contributed by atoms with E-state index in [1.165, 1.54) is 44.2 Å². The molecule has 0 radical (unpaired) electrons. The van der Waals surface area contributed by atoms with Gasteiger partial charge >= 0.3 is 0 Å². The minimum absolute atomic E-state index is 0.189. The first-order valence-electron chi connectivity index (χ1n) is 8.39. The molecule has 0 unspecified atom stereocenters. The van der Waals surface area contributed by atoms with Crippen LogP contribution >= 0.6 is 0 Å². The minimum atomic E-state index is -0.245. The number of hydrogen-bond acceptors (Lipinski definition) is 2. The van der Waals surface area contributed by atoms with Gasteiger partial charge < -0.3 is 5.11 Å². The van der Waals surface area contributed by atoms with Crippen molar-refractivity contribution in [3.63, 3.8) is 0 Å². The van der Waals surface area contributed by atoms with Crippen molar-refractivity contribution in [3.8, 4) is 0 Å². The molecule has 3 heteroatoms. The molecule has 1 aromatic rings. The fraction of sp³-hybridized carbons (Fsp3) is 0.667. The molecular formula is C18H26FNO. The Morgan fingerprint density at radius 1 is 1.05 bits per heavy atom. The van der Waals surface area contributed by atoms with Crippen LogP contribution < -0.4 is 0 Å². The molecule has 1 heterocycles. The van der Waals surface area contributed by atoms with Gasteiger partial charge in [-0.05, 0) is 55.8 Å². The fourth-order valence-electron chi connectivity index (χ4n) is 3.94. The Morgan fingerprint density at radius 2 is 1.76 bits per heavy atom. The van der Waals surface area contributed by atoms with Crippen LogP contribution in [0.25, 0.3) is 0 Å². The van der Waals surface area contributed by atoms with Gasteiger partial charge in [0.1, 0.15) is 5.82 Å². The van der Waals surface area contributed by atoms with E-state index in [-0.39, 0.29) is 11.9 Å². The van der Waals surface area contributed by atoms with Gasteiger partial charge in [0.05, 0.1) is 6.10 Å². The highest BCUT2D eigenvalue weighted by atomic mass is 19.1. The van der Waals surface area contributed by atoms with Crippen LogP contribution in [0.2, 0.25) is 0 Å².